The van der Waals surface area contributed by atoms with Crippen molar-refractivity contribution in [2.24, 2.45) is 5.41 Å². The first-order valence-electron chi connectivity index (χ1n) is 4.16. The summed E-state index contributed by atoms with van der Waals surface area (Å²) in [6.07, 6.45) is 16.1. The van der Waals surface area contributed by atoms with E-state index in [-0.39, 0.29) is 0 Å². The Morgan fingerprint density at radius 2 is 2.36 bits per heavy atom. The number of rotatable bonds is 0. The second-order valence-electron chi connectivity index (χ2n) is 3.64. The summed E-state index contributed by atoms with van der Waals surface area (Å²) >= 11 is 0. The van der Waals surface area contributed by atoms with Crippen LogP contribution in [0.5, 0.6) is 0 Å². The maximum Gasteiger partial charge on any atom is 0.0210 e. The van der Waals surface area contributed by atoms with Crippen molar-refractivity contribution >= 4 is 0 Å². The van der Waals surface area contributed by atoms with Crippen LogP contribution in [0, 0.1) is 5.41 Å². The summed E-state index contributed by atoms with van der Waals surface area (Å²) in [5, 5.41) is 0. The van der Waals surface area contributed by atoms with E-state index in [1.54, 1.807) is 0 Å². The van der Waals surface area contributed by atoms with Crippen molar-refractivity contribution in [2.75, 3.05) is 0 Å². The minimum absolute atomic E-state index is 0.407. The molecule has 0 amide bonds. The van der Waals surface area contributed by atoms with Crippen LogP contribution >= 0.6 is 0 Å². The van der Waals surface area contributed by atoms with E-state index in [4.69, 9.17) is 0 Å². The van der Waals surface area contributed by atoms with Gasteiger partial charge >= 0.3 is 0 Å². The quantitative estimate of drug-likeness (QED) is 0.488. The van der Waals surface area contributed by atoms with Crippen molar-refractivity contribution in [1.82, 2.24) is 0 Å². The van der Waals surface area contributed by atoms with Crippen LogP contribution in [-0.4, -0.2) is 0 Å². The van der Waals surface area contributed by atoms with Crippen LogP contribution in [0.15, 0.2) is 47.6 Å². The van der Waals surface area contributed by atoms with E-state index in [1.807, 2.05) is 0 Å². The van der Waals surface area contributed by atoms with Crippen molar-refractivity contribution in [1.29, 1.82) is 0 Å². The van der Waals surface area contributed by atoms with Crippen LogP contribution in [0.3, 0.4) is 0 Å². The summed E-state index contributed by atoms with van der Waals surface area (Å²) in [4.78, 5) is 0. The standard InChI is InChI=1S/C11H10/c1-3-9-7-10-4-2-6-11(10,5-1)8-9/h1-5,7H,6,8H2. The molecule has 0 aromatic rings. The third kappa shape index (κ3) is 0.555. The van der Waals surface area contributed by atoms with Crippen LogP contribution in [0.25, 0.3) is 0 Å². The number of hydrogen-bond acceptors (Lipinski definition) is 0. The van der Waals surface area contributed by atoms with Gasteiger partial charge in [-0.3, -0.25) is 0 Å². The van der Waals surface area contributed by atoms with Crippen LogP contribution in [0.1, 0.15) is 12.8 Å². The van der Waals surface area contributed by atoms with E-state index in [0.29, 0.717) is 5.41 Å². The van der Waals surface area contributed by atoms with Crippen LogP contribution in [0.2, 0.25) is 0 Å². The van der Waals surface area contributed by atoms with Gasteiger partial charge < -0.3 is 0 Å². The average molecular weight is 142 g/mol. The molecule has 0 aliphatic heterocycles. The van der Waals surface area contributed by atoms with E-state index >= 15 is 0 Å². The second-order valence-corrected chi connectivity index (χ2v) is 3.64. The van der Waals surface area contributed by atoms with E-state index in [9.17, 15) is 0 Å². The molecule has 1 atom stereocenters. The fourth-order valence-electron chi connectivity index (χ4n) is 2.35. The van der Waals surface area contributed by atoms with Gasteiger partial charge in [-0.05, 0) is 24.0 Å². The molecule has 3 aliphatic rings. The molecule has 0 aromatic heterocycles. The lowest BCUT2D eigenvalue weighted by Gasteiger charge is -2.23. The molecule has 3 rings (SSSR count). The van der Waals surface area contributed by atoms with Gasteiger partial charge in [-0.15, -0.1) is 0 Å². The second kappa shape index (κ2) is 1.58. The fraction of sp³-hybridized carbons (Fsp3) is 0.273. The van der Waals surface area contributed by atoms with Crippen molar-refractivity contribution in [2.45, 2.75) is 12.8 Å². The lowest BCUT2D eigenvalue weighted by atomic mass is 9.80. The monoisotopic (exact) mass is 142 g/mol. The Hall–Kier alpha value is -1.04. The normalized spacial score (nSPS) is 37.1. The molecule has 2 bridgehead atoms. The zero-order valence-electron chi connectivity index (χ0n) is 6.38. The minimum atomic E-state index is 0.407. The summed E-state index contributed by atoms with van der Waals surface area (Å²) in [6, 6.07) is 0. The van der Waals surface area contributed by atoms with Crippen molar-refractivity contribution < 1.29 is 0 Å². The fourth-order valence-corrected chi connectivity index (χ4v) is 2.35. The Bertz CT molecular complexity index is 326. The maximum atomic E-state index is 2.36. The average Bonchev–Trinajstić information content (AvgIpc) is 2.43. The lowest BCUT2D eigenvalue weighted by molar-refractivity contribution is 0.510. The first-order valence-corrected chi connectivity index (χ1v) is 4.16. The third-order valence-corrected chi connectivity index (χ3v) is 2.94. The number of allylic oxidation sites excluding steroid dienone is 8. The number of hydrogen-bond donors (Lipinski definition) is 0. The largest absolute Gasteiger partial charge is 0.0830 e. The summed E-state index contributed by atoms with van der Waals surface area (Å²) in [5.41, 5.74) is 3.44. The van der Waals surface area contributed by atoms with E-state index in [0.717, 1.165) is 0 Å². The van der Waals surface area contributed by atoms with Gasteiger partial charge in [-0.2, -0.15) is 0 Å². The summed E-state index contributed by atoms with van der Waals surface area (Å²) in [6.45, 7) is 0. The third-order valence-electron chi connectivity index (χ3n) is 2.94. The molecule has 1 unspecified atom stereocenters. The molecule has 11 heavy (non-hydrogen) atoms. The van der Waals surface area contributed by atoms with Gasteiger partial charge in [0.05, 0.1) is 0 Å². The Morgan fingerprint density at radius 3 is 3.36 bits per heavy atom. The molecule has 0 saturated heterocycles. The highest BCUT2D eigenvalue weighted by molar-refractivity contribution is 5.53. The predicted octanol–water partition coefficient (Wildman–Crippen LogP) is 2.76. The summed E-state index contributed by atoms with van der Waals surface area (Å²) in [5.74, 6) is 0. The highest BCUT2D eigenvalue weighted by atomic mass is 14.4. The zero-order chi connectivity index (χ0) is 7.31. The Balaban J connectivity index is 2.26. The lowest BCUT2D eigenvalue weighted by Crippen LogP contribution is -2.13. The molecule has 0 N–H and O–H groups in total. The number of fused-ring (bicyclic) bond motifs is 1. The van der Waals surface area contributed by atoms with Gasteiger partial charge in [0, 0.05) is 5.41 Å². The highest BCUT2D eigenvalue weighted by Gasteiger charge is 2.38. The van der Waals surface area contributed by atoms with Gasteiger partial charge in [0.1, 0.15) is 0 Å². The predicted molar refractivity (Wildman–Crippen MR) is 46.1 cm³/mol. The minimum Gasteiger partial charge on any atom is -0.0830 e. The molecule has 0 aromatic carbocycles. The summed E-state index contributed by atoms with van der Waals surface area (Å²) < 4.78 is 0. The maximum absolute atomic E-state index is 2.36. The van der Waals surface area contributed by atoms with Crippen molar-refractivity contribution in [3.63, 3.8) is 0 Å². The first-order chi connectivity index (χ1) is 5.39. The van der Waals surface area contributed by atoms with Gasteiger partial charge in [0.25, 0.3) is 0 Å². The molecule has 0 radical (unpaired) electrons. The van der Waals surface area contributed by atoms with Crippen molar-refractivity contribution in [3.05, 3.63) is 47.6 Å². The molecular formula is C11H10. The molecule has 54 valence electrons. The molecular weight excluding hydrogens is 132 g/mol. The Kier molecular flexibility index (Phi) is 0.803. The molecule has 0 heteroatoms. The Labute approximate surface area is 66.6 Å². The van der Waals surface area contributed by atoms with Gasteiger partial charge in [0.2, 0.25) is 0 Å². The Morgan fingerprint density at radius 1 is 1.36 bits per heavy atom. The van der Waals surface area contributed by atoms with Gasteiger partial charge in [0.15, 0.2) is 0 Å². The topological polar surface area (TPSA) is 0 Å². The highest BCUT2D eigenvalue weighted by Crippen LogP contribution is 2.51. The van der Waals surface area contributed by atoms with Crippen LogP contribution in [0.4, 0.5) is 0 Å². The molecule has 0 nitrogen and oxygen atoms in total. The molecule has 0 fully saturated rings. The van der Waals surface area contributed by atoms with Crippen molar-refractivity contribution in [3.8, 4) is 0 Å². The van der Waals surface area contributed by atoms with Crippen LogP contribution < -0.4 is 0 Å². The van der Waals surface area contributed by atoms with E-state index in [1.165, 1.54) is 24.0 Å². The smallest absolute Gasteiger partial charge is 0.0210 e. The zero-order valence-corrected chi connectivity index (χ0v) is 6.38. The van der Waals surface area contributed by atoms with Crippen LogP contribution in [-0.2, 0) is 0 Å². The summed E-state index contributed by atoms with van der Waals surface area (Å²) in [7, 11) is 0. The molecule has 1 spiro atoms. The first kappa shape index (κ1) is 5.59. The van der Waals surface area contributed by atoms with Gasteiger partial charge in [-0.1, -0.05) is 36.5 Å². The molecule has 0 heterocycles. The van der Waals surface area contributed by atoms with Gasteiger partial charge in [-0.25, -0.2) is 0 Å². The van der Waals surface area contributed by atoms with E-state index in [2.05, 4.69) is 36.5 Å². The molecule has 3 aliphatic carbocycles. The van der Waals surface area contributed by atoms with E-state index < -0.39 is 0 Å². The SMILES string of the molecule is C1=CC23CC=CC2=CC(=C1)C3. The molecule has 0 saturated carbocycles.